The molecule has 0 saturated heterocycles. The van der Waals surface area contributed by atoms with E-state index in [2.05, 4.69) is 24.4 Å². The van der Waals surface area contributed by atoms with Crippen LogP contribution in [-0.4, -0.2) is 18.1 Å². The van der Waals surface area contributed by atoms with Gasteiger partial charge in [0.15, 0.2) is 0 Å². The standard InChI is InChI=1S/C17H22N2O/c1-3-18-16-12-8-5-6-10-14(12)19-17-13(16)9-7-11-15(17)20-4-2/h7,9,11H,3-6,8,10H2,1-2H3,(H,18,19). The van der Waals surface area contributed by atoms with Gasteiger partial charge in [-0.1, -0.05) is 12.1 Å². The Morgan fingerprint density at radius 3 is 2.85 bits per heavy atom. The van der Waals surface area contributed by atoms with E-state index >= 15 is 0 Å². The summed E-state index contributed by atoms with van der Waals surface area (Å²) < 4.78 is 5.75. The van der Waals surface area contributed by atoms with Gasteiger partial charge in [0, 0.05) is 23.3 Å². The van der Waals surface area contributed by atoms with E-state index in [0.717, 1.165) is 30.7 Å². The molecule has 0 atom stereocenters. The average Bonchev–Trinajstić information content (AvgIpc) is 2.48. The van der Waals surface area contributed by atoms with Crippen LogP contribution in [0.2, 0.25) is 0 Å². The number of anilines is 1. The average molecular weight is 270 g/mol. The minimum absolute atomic E-state index is 0.675. The molecule has 106 valence electrons. The zero-order valence-electron chi connectivity index (χ0n) is 12.3. The molecule has 0 spiro atoms. The zero-order chi connectivity index (χ0) is 13.9. The SMILES string of the molecule is CCNc1c2c(nc3c(OCC)cccc13)CCCC2. The molecule has 0 unspecified atom stereocenters. The normalized spacial score (nSPS) is 14.1. The van der Waals surface area contributed by atoms with Gasteiger partial charge in [-0.3, -0.25) is 0 Å². The molecule has 3 nitrogen and oxygen atoms in total. The number of rotatable bonds is 4. The molecular weight excluding hydrogens is 248 g/mol. The molecule has 20 heavy (non-hydrogen) atoms. The quantitative estimate of drug-likeness (QED) is 0.913. The van der Waals surface area contributed by atoms with Crippen molar-refractivity contribution >= 4 is 16.6 Å². The topological polar surface area (TPSA) is 34.2 Å². The molecule has 0 bridgehead atoms. The number of nitrogens with one attached hydrogen (secondary N) is 1. The summed E-state index contributed by atoms with van der Waals surface area (Å²) in [6.07, 6.45) is 4.74. The highest BCUT2D eigenvalue weighted by molar-refractivity contribution is 5.96. The van der Waals surface area contributed by atoms with Crippen LogP contribution >= 0.6 is 0 Å². The number of hydrogen-bond acceptors (Lipinski definition) is 3. The third-order valence-electron chi connectivity index (χ3n) is 3.91. The van der Waals surface area contributed by atoms with Gasteiger partial charge in [0.25, 0.3) is 0 Å². The second-order valence-electron chi connectivity index (χ2n) is 5.23. The molecule has 1 aromatic carbocycles. The van der Waals surface area contributed by atoms with Crippen molar-refractivity contribution in [2.75, 3.05) is 18.5 Å². The van der Waals surface area contributed by atoms with E-state index < -0.39 is 0 Å². The van der Waals surface area contributed by atoms with Crippen molar-refractivity contribution in [3.05, 3.63) is 29.5 Å². The molecule has 3 rings (SSSR count). The summed E-state index contributed by atoms with van der Waals surface area (Å²) in [5.41, 5.74) is 4.95. The number of ether oxygens (including phenoxy) is 1. The predicted octanol–water partition coefficient (Wildman–Crippen LogP) is 3.94. The molecule has 1 N–H and O–H groups in total. The summed E-state index contributed by atoms with van der Waals surface area (Å²) in [6, 6.07) is 6.23. The fourth-order valence-corrected chi connectivity index (χ4v) is 3.07. The molecule has 0 amide bonds. The highest BCUT2D eigenvalue weighted by Crippen LogP contribution is 2.36. The first kappa shape index (κ1) is 13.2. The Balaban J connectivity index is 2.26. The fourth-order valence-electron chi connectivity index (χ4n) is 3.07. The Morgan fingerprint density at radius 2 is 2.05 bits per heavy atom. The lowest BCUT2D eigenvalue weighted by Gasteiger charge is -2.22. The van der Waals surface area contributed by atoms with Crippen LogP contribution in [0.1, 0.15) is 37.9 Å². The van der Waals surface area contributed by atoms with E-state index in [1.54, 1.807) is 0 Å². The van der Waals surface area contributed by atoms with Crippen LogP contribution in [0.15, 0.2) is 18.2 Å². The van der Waals surface area contributed by atoms with Crippen LogP contribution in [0.25, 0.3) is 10.9 Å². The van der Waals surface area contributed by atoms with Gasteiger partial charge in [-0.25, -0.2) is 4.98 Å². The van der Waals surface area contributed by atoms with E-state index in [9.17, 15) is 0 Å². The van der Waals surface area contributed by atoms with Crippen LogP contribution in [0, 0.1) is 0 Å². The van der Waals surface area contributed by atoms with Gasteiger partial charge >= 0.3 is 0 Å². The first-order valence-electron chi connectivity index (χ1n) is 7.66. The van der Waals surface area contributed by atoms with Crippen molar-refractivity contribution in [2.45, 2.75) is 39.5 Å². The zero-order valence-corrected chi connectivity index (χ0v) is 12.3. The predicted molar refractivity (Wildman–Crippen MR) is 83.7 cm³/mol. The van der Waals surface area contributed by atoms with Crippen LogP contribution < -0.4 is 10.1 Å². The lowest BCUT2D eigenvalue weighted by Crippen LogP contribution is -2.11. The second-order valence-corrected chi connectivity index (χ2v) is 5.23. The lowest BCUT2D eigenvalue weighted by molar-refractivity contribution is 0.343. The third kappa shape index (κ3) is 2.21. The molecular formula is C17H22N2O. The van der Waals surface area contributed by atoms with Crippen molar-refractivity contribution < 1.29 is 4.74 Å². The van der Waals surface area contributed by atoms with Gasteiger partial charge in [0.2, 0.25) is 0 Å². The summed E-state index contributed by atoms with van der Waals surface area (Å²) in [5.74, 6) is 0.900. The maximum atomic E-state index is 5.75. The summed E-state index contributed by atoms with van der Waals surface area (Å²) in [7, 11) is 0. The van der Waals surface area contributed by atoms with Gasteiger partial charge in [-0.2, -0.15) is 0 Å². The van der Waals surface area contributed by atoms with Gasteiger partial charge < -0.3 is 10.1 Å². The summed E-state index contributed by atoms with van der Waals surface area (Å²) >= 11 is 0. The molecule has 1 aromatic heterocycles. The number of aromatic nitrogens is 1. The van der Waals surface area contributed by atoms with Crippen molar-refractivity contribution in [3.63, 3.8) is 0 Å². The molecule has 2 aromatic rings. The Hall–Kier alpha value is -1.77. The van der Waals surface area contributed by atoms with Crippen LogP contribution in [0.5, 0.6) is 5.75 Å². The highest BCUT2D eigenvalue weighted by atomic mass is 16.5. The second kappa shape index (κ2) is 5.70. The van der Waals surface area contributed by atoms with Crippen molar-refractivity contribution in [1.82, 2.24) is 4.98 Å². The van der Waals surface area contributed by atoms with Crippen LogP contribution in [0.3, 0.4) is 0 Å². The molecule has 1 aliphatic rings. The van der Waals surface area contributed by atoms with Crippen LogP contribution in [-0.2, 0) is 12.8 Å². The van der Waals surface area contributed by atoms with Crippen molar-refractivity contribution in [1.29, 1.82) is 0 Å². The Kier molecular flexibility index (Phi) is 3.77. The van der Waals surface area contributed by atoms with Gasteiger partial charge in [0.05, 0.1) is 6.61 Å². The Morgan fingerprint density at radius 1 is 1.20 bits per heavy atom. The first-order valence-corrected chi connectivity index (χ1v) is 7.66. The highest BCUT2D eigenvalue weighted by Gasteiger charge is 2.19. The number of para-hydroxylation sites is 1. The summed E-state index contributed by atoms with van der Waals surface area (Å²) in [5, 5.41) is 4.75. The monoisotopic (exact) mass is 270 g/mol. The Labute approximate surface area is 120 Å². The number of aryl methyl sites for hydroxylation is 1. The molecule has 0 fully saturated rings. The van der Waals surface area contributed by atoms with E-state index in [0.29, 0.717) is 6.61 Å². The maximum Gasteiger partial charge on any atom is 0.145 e. The smallest absolute Gasteiger partial charge is 0.145 e. The molecule has 1 heterocycles. The number of fused-ring (bicyclic) bond motifs is 2. The fraction of sp³-hybridized carbons (Fsp3) is 0.471. The first-order chi connectivity index (χ1) is 9.85. The number of pyridine rings is 1. The minimum atomic E-state index is 0.675. The summed E-state index contributed by atoms with van der Waals surface area (Å²) in [4.78, 5) is 4.91. The summed E-state index contributed by atoms with van der Waals surface area (Å²) in [6.45, 7) is 5.77. The number of hydrogen-bond donors (Lipinski definition) is 1. The molecule has 0 aliphatic heterocycles. The maximum absolute atomic E-state index is 5.75. The number of nitrogens with zero attached hydrogens (tertiary/aromatic N) is 1. The van der Waals surface area contributed by atoms with Crippen molar-refractivity contribution in [3.8, 4) is 5.75 Å². The molecule has 0 saturated carbocycles. The molecule has 0 radical (unpaired) electrons. The third-order valence-corrected chi connectivity index (χ3v) is 3.91. The van der Waals surface area contributed by atoms with E-state index in [-0.39, 0.29) is 0 Å². The number of benzene rings is 1. The largest absolute Gasteiger partial charge is 0.492 e. The molecule has 1 aliphatic carbocycles. The van der Waals surface area contributed by atoms with Gasteiger partial charge in [-0.05, 0) is 51.2 Å². The van der Waals surface area contributed by atoms with Crippen molar-refractivity contribution in [2.24, 2.45) is 0 Å². The Bertz CT molecular complexity index is 622. The van der Waals surface area contributed by atoms with E-state index in [1.165, 1.54) is 35.2 Å². The minimum Gasteiger partial charge on any atom is -0.492 e. The van der Waals surface area contributed by atoms with E-state index in [1.807, 2.05) is 13.0 Å². The van der Waals surface area contributed by atoms with Crippen LogP contribution in [0.4, 0.5) is 5.69 Å². The van der Waals surface area contributed by atoms with Gasteiger partial charge in [-0.15, -0.1) is 0 Å². The lowest BCUT2D eigenvalue weighted by atomic mass is 9.92. The van der Waals surface area contributed by atoms with E-state index in [4.69, 9.17) is 9.72 Å². The van der Waals surface area contributed by atoms with Gasteiger partial charge in [0.1, 0.15) is 11.3 Å². The molecule has 3 heteroatoms.